The highest BCUT2D eigenvalue weighted by Crippen LogP contribution is 2.27. The summed E-state index contributed by atoms with van der Waals surface area (Å²) in [5.74, 6) is -1.03. The third-order valence-electron chi connectivity index (χ3n) is 4.32. The molecule has 31 heavy (non-hydrogen) atoms. The zero-order chi connectivity index (χ0) is 23.5. The highest BCUT2D eigenvalue weighted by Gasteiger charge is 2.38. The van der Waals surface area contributed by atoms with Crippen molar-refractivity contribution >= 4 is 18.0 Å². The summed E-state index contributed by atoms with van der Waals surface area (Å²) in [5, 5.41) is 2.64. The van der Waals surface area contributed by atoms with Gasteiger partial charge in [-0.05, 0) is 45.1 Å². The Morgan fingerprint density at radius 1 is 1.00 bits per heavy atom. The van der Waals surface area contributed by atoms with Gasteiger partial charge in [0.25, 0.3) is 0 Å². The SMILES string of the molecule is CCOC(=O)COCCC(C)(C)C(NC(=O)OC(C)(C)C)C(=O)OCc1ccccc1. The molecule has 1 aromatic carbocycles. The number of carbonyl (C=O) groups is 3. The highest BCUT2D eigenvalue weighted by molar-refractivity contribution is 5.82. The van der Waals surface area contributed by atoms with Crippen molar-refractivity contribution in [3.63, 3.8) is 0 Å². The smallest absolute Gasteiger partial charge is 0.408 e. The molecule has 0 radical (unpaired) electrons. The van der Waals surface area contributed by atoms with Gasteiger partial charge < -0.3 is 24.3 Å². The first-order valence-electron chi connectivity index (χ1n) is 10.4. The van der Waals surface area contributed by atoms with Gasteiger partial charge in [0.05, 0.1) is 6.61 Å². The second kappa shape index (κ2) is 12.3. The van der Waals surface area contributed by atoms with Crippen LogP contribution in [0, 0.1) is 5.41 Å². The number of alkyl carbamates (subject to hydrolysis) is 1. The van der Waals surface area contributed by atoms with Crippen LogP contribution in [0.1, 0.15) is 53.5 Å². The summed E-state index contributed by atoms with van der Waals surface area (Å²) in [5.41, 5.74) is -0.614. The monoisotopic (exact) mass is 437 g/mol. The summed E-state index contributed by atoms with van der Waals surface area (Å²) >= 11 is 0. The molecule has 0 aliphatic heterocycles. The number of ether oxygens (including phenoxy) is 4. The van der Waals surface area contributed by atoms with E-state index in [0.717, 1.165) is 5.56 Å². The molecule has 1 atom stereocenters. The van der Waals surface area contributed by atoms with E-state index in [1.54, 1.807) is 27.7 Å². The first-order chi connectivity index (χ1) is 14.4. The molecule has 0 saturated heterocycles. The van der Waals surface area contributed by atoms with Gasteiger partial charge in [-0.3, -0.25) is 0 Å². The Hall–Kier alpha value is -2.61. The number of rotatable bonds is 11. The van der Waals surface area contributed by atoms with Crippen molar-refractivity contribution in [1.29, 1.82) is 0 Å². The lowest BCUT2D eigenvalue weighted by molar-refractivity contribution is -0.152. The predicted octanol–water partition coefficient (Wildman–Crippen LogP) is 3.62. The molecule has 1 amide bonds. The second-order valence-electron chi connectivity index (χ2n) is 8.77. The van der Waals surface area contributed by atoms with Gasteiger partial charge in [-0.15, -0.1) is 0 Å². The third-order valence-corrected chi connectivity index (χ3v) is 4.32. The second-order valence-corrected chi connectivity index (χ2v) is 8.77. The Morgan fingerprint density at radius 2 is 1.65 bits per heavy atom. The van der Waals surface area contributed by atoms with Crippen LogP contribution >= 0.6 is 0 Å². The van der Waals surface area contributed by atoms with E-state index in [1.165, 1.54) is 0 Å². The quantitative estimate of drug-likeness (QED) is 0.321. The van der Waals surface area contributed by atoms with Gasteiger partial charge >= 0.3 is 18.0 Å². The van der Waals surface area contributed by atoms with E-state index in [0.29, 0.717) is 6.42 Å². The number of esters is 2. The van der Waals surface area contributed by atoms with Gasteiger partial charge in [-0.2, -0.15) is 0 Å². The number of hydrogen-bond donors (Lipinski definition) is 1. The molecule has 0 fully saturated rings. The van der Waals surface area contributed by atoms with E-state index in [4.69, 9.17) is 18.9 Å². The molecule has 0 bridgehead atoms. The summed E-state index contributed by atoms with van der Waals surface area (Å²) in [7, 11) is 0. The third kappa shape index (κ3) is 10.8. The van der Waals surface area contributed by atoms with Crippen molar-refractivity contribution in [2.75, 3.05) is 19.8 Å². The Bertz CT molecular complexity index is 710. The van der Waals surface area contributed by atoms with Crippen LogP contribution in [0.25, 0.3) is 0 Å². The van der Waals surface area contributed by atoms with Crippen LogP contribution < -0.4 is 5.32 Å². The van der Waals surface area contributed by atoms with Gasteiger partial charge in [-0.1, -0.05) is 44.2 Å². The number of carbonyl (C=O) groups excluding carboxylic acids is 3. The fourth-order valence-corrected chi connectivity index (χ4v) is 2.65. The summed E-state index contributed by atoms with van der Waals surface area (Å²) in [6.45, 7) is 11.0. The van der Waals surface area contributed by atoms with Gasteiger partial charge in [0.1, 0.15) is 24.9 Å². The van der Waals surface area contributed by atoms with Crippen LogP contribution in [0.5, 0.6) is 0 Å². The molecule has 0 aromatic heterocycles. The van der Waals surface area contributed by atoms with Crippen LogP contribution in [0.15, 0.2) is 30.3 Å². The Balaban J connectivity index is 2.79. The lowest BCUT2D eigenvalue weighted by Gasteiger charge is -2.33. The normalized spacial score (nSPS) is 12.6. The minimum absolute atomic E-state index is 0.0849. The largest absolute Gasteiger partial charge is 0.464 e. The molecular weight excluding hydrogens is 402 g/mol. The standard InChI is InChI=1S/C23H35NO7/c1-7-29-18(25)16-28-14-13-23(5,6)19(24-21(27)31-22(2,3)4)20(26)30-15-17-11-9-8-10-12-17/h8-12,19H,7,13-16H2,1-6H3,(H,24,27). The number of amides is 1. The molecule has 0 saturated carbocycles. The first-order valence-corrected chi connectivity index (χ1v) is 10.4. The van der Waals surface area contributed by atoms with Crippen molar-refractivity contribution < 1.29 is 33.3 Å². The van der Waals surface area contributed by atoms with Gasteiger partial charge in [0.15, 0.2) is 0 Å². The molecule has 0 aliphatic rings. The van der Waals surface area contributed by atoms with Crippen LogP contribution in [0.4, 0.5) is 4.79 Å². The minimum atomic E-state index is -0.975. The van der Waals surface area contributed by atoms with Crippen LogP contribution in [-0.2, 0) is 35.1 Å². The van der Waals surface area contributed by atoms with Crippen molar-refractivity contribution in [2.45, 2.75) is 66.2 Å². The zero-order valence-electron chi connectivity index (χ0n) is 19.4. The summed E-state index contributed by atoms with van der Waals surface area (Å²) in [4.78, 5) is 36.6. The predicted molar refractivity (Wildman–Crippen MR) is 115 cm³/mol. The maximum atomic E-state index is 12.9. The van der Waals surface area contributed by atoms with E-state index >= 15 is 0 Å². The highest BCUT2D eigenvalue weighted by atomic mass is 16.6. The molecule has 0 spiro atoms. The number of benzene rings is 1. The molecule has 1 N–H and O–H groups in total. The van der Waals surface area contributed by atoms with E-state index in [-0.39, 0.29) is 26.4 Å². The molecule has 0 aliphatic carbocycles. The maximum absolute atomic E-state index is 12.9. The fraction of sp³-hybridized carbons (Fsp3) is 0.609. The summed E-state index contributed by atoms with van der Waals surface area (Å²) in [6, 6.07) is 8.29. The zero-order valence-corrected chi connectivity index (χ0v) is 19.4. The van der Waals surface area contributed by atoms with E-state index in [1.807, 2.05) is 44.2 Å². The van der Waals surface area contributed by atoms with Crippen molar-refractivity contribution in [2.24, 2.45) is 5.41 Å². The average molecular weight is 438 g/mol. The first kappa shape index (κ1) is 26.4. The molecule has 1 aromatic rings. The lowest BCUT2D eigenvalue weighted by atomic mass is 9.81. The maximum Gasteiger partial charge on any atom is 0.408 e. The van der Waals surface area contributed by atoms with Crippen LogP contribution in [0.3, 0.4) is 0 Å². The average Bonchev–Trinajstić information content (AvgIpc) is 2.67. The molecule has 8 heteroatoms. The van der Waals surface area contributed by atoms with E-state index in [2.05, 4.69) is 5.32 Å². The van der Waals surface area contributed by atoms with Gasteiger partial charge in [0, 0.05) is 6.61 Å². The molecule has 8 nitrogen and oxygen atoms in total. The topological polar surface area (TPSA) is 100 Å². The minimum Gasteiger partial charge on any atom is -0.464 e. The summed E-state index contributed by atoms with van der Waals surface area (Å²) in [6.07, 6.45) is -0.331. The van der Waals surface area contributed by atoms with Gasteiger partial charge in [0.2, 0.25) is 0 Å². The summed E-state index contributed by atoms with van der Waals surface area (Å²) < 4.78 is 20.9. The van der Waals surface area contributed by atoms with Crippen molar-refractivity contribution in [1.82, 2.24) is 5.32 Å². The number of hydrogen-bond acceptors (Lipinski definition) is 7. The van der Waals surface area contributed by atoms with Crippen LogP contribution in [-0.4, -0.2) is 49.5 Å². The van der Waals surface area contributed by atoms with Crippen molar-refractivity contribution in [3.8, 4) is 0 Å². The molecular formula is C23H35NO7. The lowest BCUT2D eigenvalue weighted by Crippen LogP contribution is -2.52. The Kier molecular flexibility index (Phi) is 10.5. The van der Waals surface area contributed by atoms with Gasteiger partial charge in [-0.25, -0.2) is 14.4 Å². The van der Waals surface area contributed by atoms with Crippen molar-refractivity contribution in [3.05, 3.63) is 35.9 Å². The van der Waals surface area contributed by atoms with Crippen LogP contribution in [0.2, 0.25) is 0 Å². The fourth-order valence-electron chi connectivity index (χ4n) is 2.65. The molecule has 174 valence electrons. The molecule has 1 unspecified atom stereocenters. The molecule has 1 rings (SSSR count). The Labute approximate surface area is 184 Å². The number of nitrogens with one attached hydrogen (secondary N) is 1. The van der Waals surface area contributed by atoms with E-state index < -0.39 is 35.1 Å². The Morgan fingerprint density at radius 3 is 2.23 bits per heavy atom. The molecule has 0 heterocycles. The van der Waals surface area contributed by atoms with E-state index in [9.17, 15) is 14.4 Å².